The second-order valence-corrected chi connectivity index (χ2v) is 6.61. The van der Waals surface area contributed by atoms with Crippen LogP contribution in [0.4, 0.5) is 0 Å². The van der Waals surface area contributed by atoms with Gasteiger partial charge < -0.3 is 9.47 Å². The second-order valence-electron chi connectivity index (χ2n) is 6.23. The van der Waals surface area contributed by atoms with E-state index in [0.29, 0.717) is 10.8 Å². The summed E-state index contributed by atoms with van der Waals surface area (Å²) in [7, 11) is 3.33. The third kappa shape index (κ3) is 3.02. The van der Waals surface area contributed by atoms with Crippen molar-refractivity contribution in [2.45, 2.75) is 0 Å². The molecule has 0 aliphatic heterocycles. The van der Waals surface area contributed by atoms with Gasteiger partial charge >= 0.3 is 0 Å². The molecular weight excluding hydrogens is 356 g/mol. The molecule has 0 radical (unpaired) electrons. The van der Waals surface area contributed by atoms with Crippen molar-refractivity contribution in [2.75, 3.05) is 14.2 Å². The minimum Gasteiger partial charge on any atom is -0.496 e. The van der Waals surface area contributed by atoms with Crippen LogP contribution in [-0.4, -0.2) is 14.2 Å². The van der Waals surface area contributed by atoms with E-state index in [1.807, 2.05) is 48.5 Å². The van der Waals surface area contributed by atoms with E-state index in [4.69, 9.17) is 21.1 Å². The average molecular weight is 375 g/mol. The summed E-state index contributed by atoms with van der Waals surface area (Å²) < 4.78 is 11.1. The normalized spacial score (nSPS) is 10.8. The predicted octanol–water partition coefficient (Wildman–Crippen LogP) is 6.84. The fraction of sp³-hybridized carbons (Fsp3) is 0.0833. The van der Waals surface area contributed by atoms with E-state index in [9.17, 15) is 0 Å². The van der Waals surface area contributed by atoms with Gasteiger partial charge in [-0.1, -0.05) is 78.3 Å². The quantitative estimate of drug-likeness (QED) is 0.389. The van der Waals surface area contributed by atoms with Gasteiger partial charge in [-0.25, -0.2) is 0 Å². The molecule has 0 unspecified atom stereocenters. The maximum absolute atomic E-state index is 6.64. The molecule has 2 nitrogen and oxygen atoms in total. The van der Waals surface area contributed by atoms with Gasteiger partial charge in [-0.05, 0) is 34.0 Å². The van der Waals surface area contributed by atoms with E-state index >= 15 is 0 Å². The molecule has 0 saturated heterocycles. The Labute approximate surface area is 163 Å². The van der Waals surface area contributed by atoms with Gasteiger partial charge in [0.05, 0.1) is 19.2 Å². The molecule has 3 heteroatoms. The zero-order valence-corrected chi connectivity index (χ0v) is 16.0. The summed E-state index contributed by atoms with van der Waals surface area (Å²) in [5, 5.41) is 2.91. The van der Waals surface area contributed by atoms with Crippen LogP contribution in [0.15, 0.2) is 78.9 Å². The van der Waals surface area contributed by atoms with E-state index in [2.05, 4.69) is 30.3 Å². The van der Waals surface area contributed by atoms with Crippen molar-refractivity contribution in [1.82, 2.24) is 0 Å². The molecule has 0 aliphatic carbocycles. The van der Waals surface area contributed by atoms with Crippen molar-refractivity contribution in [3.05, 3.63) is 83.9 Å². The van der Waals surface area contributed by atoms with Crippen molar-refractivity contribution in [3.63, 3.8) is 0 Å². The average Bonchev–Trinajstić information content (AvgIpc) is 2.73. The summed E-state index contributed by atoms with van der Waals surface area (Å²) in [5.41, 5.74) is 4.10. The van der Waals surface area contributed by atoms with E-state index in [1.165, 1.54) is 5.39 Å². The minimum absolute atomic E-state index is 0.603. The Morgan fingerprint density at radius 3 is 2.04 bits per heavy atom. The molecule has 0 N–H and O–H groups in total. The van der Waals surface area contributed by atoms with Crippen molar-refractivity contribution in [3.8, 4) is 33.8 Å². The molecule has 0 saturated carbocycles. The van der Waals surface area contributed by atoms with Gasteiger partial charge in [0, 0.05) is 11.1 Å². The molecule has 4 aromatic rings. The molecule has 4 aromatic carbocycles. The molecule has 0 bridgehead atoms. The minimum atomic E-state index is 0.603. The van der Waals surface area contributed by atoms with Gasteiger partial charge in [-0.15, -0.1) is 0 Å². The molecule has 27 heavy (non-hydrogen) atoms. The Balaban J connectivity index is 2.05. The third-order valence-electron chi connectivity index (χ3n) is 4.78. The van der Waals surface area contributed by atoms with Crippen LogP contribution >= 0.6 is 11.6 Å². The number of benzene rings is 4. The third-order valence-corrected chi connectivity index (χ3v) is 5.17. The second kappa shape index (κ2) is 7.34. The first kappa shape index (κ1) is 17.4. The van der Waals surface area contributed by atoms with Crippen LogP contribution < -0.4 is 9.47 Å². The van der Waals surface area contributed by atoms with Gasteiger partial charge in [0.2, 0.25) is 0 Å². The lowest BCUT2D eigenvalue weighted by atomic mass is 9.90. The summed E-state index contributed by atoms with van der Waals surface area (Å²) >= 11 is 6.64. The summed E-state index contributed by atoms with van der Waals surface area (Å²) in [6.07, 6.45) is 0. The van der Waals surface area contributed by atoms with Crippen molar-refractivity contribution in [2.24, 2.45) is 0 Å². The fourth-order valence-electron chi connectivity index (χ4n) is 3.51. The lowest BCUT2D eigenvalue weighted by Crippen LogP contribution is -1.93. The van der Waals surface area contributed by atoms with Gasteiger partial charge in [-0.2, -0.15) is 0 Å². The predicted molar refractivity (Wildman–Crippen MR) is 113 cm³/mol. The molecule has 0 amide bonds. The van der Waals surface area contributed by atoms with E-state index < -0.39 is 0 Å². The molecule has 4 rings (SSSR count). The van der Waals surface area contributed by atoms with E-state index in [0.717, 1.165) is 33.4 Å². The number of fused-ring (bicyclic) bond motifs is 1. The van der Waals surface area contributed by atoms with Crippen LogP contribution in [0, 0.1) is 0 Å². The smallest absolute Gasteiger partial charge is 0.138 e. The highest BCUT2D eigenvalue weighted by Gasteiger charge is 2.17. The lowest BCUT2D eigenvalue weighted by molar-refractivity contribution is 0.415. The van der Waals surface area contributed by atoms with Crippen LogP contribution in [0.5, 0.6) is 11.5 Å². The SMILES string of the molecule is COc1cccc(-c2ccccc2-c2c(OC)ccc3ccccc23)c1Cl. The first-order valence-electron chi connectivity index (χ1n) is 8.72. The highest BCUT2D eigenvalue weighted by atomic mass is 35.5. The van der Waals surface area contributed by atoms with E-state index in [-0.39, 0.29) is 0 Å². The first-order valence-corrected chi connectivity index (χ1v) is 9.10. The zero-order valence-electron chi connectivity index (χ0n) is 15.2. The monoisotopic (exact) mass is 374 g/mol. The van der Waals surface area contributed by atoms with E-state index in [1.54, 1.807) is 14.2 Å². The number of halogens is 1. The van der Waals surface area contributed by atoms with Crippen LogP contribution in [0.1, 0.15) is 0 Å². The van der Waals surface area contributed by atoms with Crippen LogP contribution in [-0.2, 0) is 0 Å². The fourth-order valence-corrected chi connectivity index (χ4v) is 3.82. The van der Waals surface area contributed by atoms with Crippen LogP contribution in [0.25, 0.3) is 33.0 Å². The largest absolute Gasteiger partial charge is 0.496 e. The summed E-state index contributed by atoms with van der Waals surface area (Å²) in [5.74, 6) is 1.49. The first-order chi connectivity index (χ1) is 13.2. The number of methoxy groups -OCH3 is 2. The molecular formula is C24H19ClO2. The number of ether oxygens (including phenoxy) is 2. The Hall–Kier alpha value is -2.97. The Morgan fingerprint density at radius 2 is 1.26 bits per heavy atom. The van der Waals surface area contributed by atoms with Crippen LogP contribution in [0.3, 0.4) is 0 Å². The van der Waals surface area contributed by atoms with Crippen LogP contribution in [0.2, 0.25) is 5.02 Å². The van der Waals surface area contributed by atoms with Crippen molar-refractivity contribution in [1.29, 1.82) is 0 Å². The van der Waals surface area contributed by atoms with Gasteiger partial charge in [-0.3, -0.25) is 0 Å². The Kier molecular flexibility index (Phi) is 4.74. The highest BCUT2D eigenvalue weighted by Crippen LogP contribution is 2.44. The Bertz CT molecular complexity index is 1120. The topological polar surface area (TPSA) is 18.5 Å². The number of hydrogen-bond acceptors (Lipinski definition) is 2. The van der Waals surface area contributed by atoms with Crippen molar-refractivity contribution >= 4 is 22.4 Å². The molecule has 0 heterocycles. The Morgan fingerprint density at radius 1 is 0.593 bits per heavy atom. The van der Waals surface area contributed by atoms with Gasteiger partial charge in [0.25, 0.3) is 0 Å². The highest BCUT2D eigenvalue weighted by molar-refractivity contribution is 6.35. The van der Waals surface area contributed by atoms with Gasteiger partial charge in [0.15, 0.2) is 0 Å². The van der Waals surface area contributed by atoms with Gasteiger partial charge in [0.1, 0.15) is 11.5 Å². The standard InChI is InChI=1S/C24H19ClO2/c1-26-21-15-14-16-8-3-4-9-17(16)23(21)19-11-6-5-10-18(19)20-12-7-13-22(27-2)24(20)25/h3-15H,1-2H3. The molecule has 0 aliphatic rings. The van der Waals surface area contributed by atoms with Crippen molar-refractivity contribution < 1.29 is 9.47 Å². The summed E-state index contributed by atoms with van der Waals surface area (Å²) in [4.78, 5) is 0. The maximum Gasteiger partial charge on any atom is 0.138 e. The number of hydrogen-bond donors (Lipinski definition) is 0. The maximum atomic E-state index is 6.64. The summed E-state index contributed by atoms with van der Waals surface area (Å²) in [6.45, 7) is 0. The molecule has 0 spiro atoms. The molecule has 0 aromatic heterocycles. The summed E-state index contributed by atoms with van der Waals surface area (Å²) in [6, 6.07) is 26.5. The molecule has 0 fully saturated rings. The molecule has 134 valence electrons. The lowest BCUT2D eigenvalue weighted by Gasteiger charge is -2.17. The zero-order chi connectivity index (χ0) is 18.8. The number of rotatable bonds is 4. The molecule has 0 atom stereocenters.